The molecule has 0 atom stereocenters. The third-order valence-corrected chi connectivity index (χ3v) is 5.91. The number of hydrogen-bond donors (Lipinski definition) is 0. The van der Waals surface area contributed by atoms with Crippen LogP contribution in [-0.2, 0) is 9.59 Å². The highest BCUT2D eigenvalue weighted by Gasteiger charge is 2.09. The van der Waals surface area contributed by atoms with Crippen LogP contribution in [0.5, 0.6) is 0 Å². The van der Waals surface area contributed by atoms with Crippen LogP contribution in [0.3, 0.4) is 0 Å². The van der Waals surface area contributed by atoms with Gasteiger partial charge in [-0.15, -0.1) is 0 Å². The molecule has 0 saturated heterocycles. The fourth-order valence-electron chi connectivity index (χ4n) is 1.99. The zero-order valence-corrected chi connectivity index (χ0v) is 14.7. The highest BCUT2D eigenvalue weighted by Crippen LogP contribution is 2.35. The first kappa shape index (κ1) is 16.6. The van der Waals surface area contributed by atoms with Crippen molar-refractivity contribution in [1.82, 2.24) is 0 Å². The molecule has 0 bridgehead atoms. The van der Waals surface area contributed by atoms with E-state index in [4.69, 9.17) is 0 Å². The van der Waals surface area contributed by atoms with E-state index in [0.717, 1.165) is 20.6 Å². The van der Waals surface area contributed by atoms with Gasteiger partial charge in [-0.1, -0.05) is 37.4 Å². The Bertz CT molecular complexity index is 724. The minimum absolute atomic E-state index is 0.0622. The van der Waals surface area contributed by atoms with Gasteiger partial charge >= 0.3 is 0 Å². The van der Waals surface area contributed by atoms with Crippen molar-refractivity contribution in [1.29, 1.82) is 0 Å². The fraction of sp³-hybridized carbons (Fsp3) is 0.111. The van der Waals surface area contributed by atoms with Crippen LogP contribution in [0.25, 0.3) is 10.8 Å². The summed E-state index contributed by atoms with van der Waals surface area (Å²) in [6.07, 6.45) is 0. The Kier molecular flexibility index (Phi) is 5.27. The second-order valence-electron chi connectivity index (χ2n) is 5.18. The molecule has 0 heterocycles. The Morgan fingerprint density at radius 2 is 1.14 bits per heavy atom. The number of fused-ring (bicyclic) bond motifs is 1. The first-order chi connectivity index (χ1) is 10.4. The number of rotatable bonds is 4. The molecule has 0 unspecified atom stereocenters. The van der Waals surface area contributed by atoms with Crippen molar-refractivity contribution >= 4 is 44.5 Å². The summed E-state index contributed by atoms with van der Waals surface area (Å²) in [5.74, 6) is 0. The van der Waals surface area contributed by atoms with Crippen molar-refractivity contribution in [3.05, 3.63) is 60.7 Å². The second kappa shape index (κ2) is 6.99. The van der Waals surface area contributed by atoms with Gasteiger partial charge in [0.15, 0.2) is 10.2 Å². The quantitative estimate of drug-likeness (QED) is 0.788. The van der Waals surface area contributed by atoms with Crippen LogP contribution in [0.2, 0.25) is 0 Å². The fourth-order valence-corrected chi connectivity index (χ4v) is 3.97. The molecule has 0 aliphatic carbocycles. The molecular formula is C18H20O2S2. The minimum atomic E-state index is 0.0622. The lowest BCUT2D eigenvalue weighted by Crippen LogP contribution is -1.93. The van der Waals surface area contributed by atoms with Crippen LogP contribution in [-0.4, -0.2) is 10.2 Å². The van der Waals surface area contributed by atoms with E-state index in [0.29, 0.717) is 11.1 Å². The maximum absolute atomic E-state index is 12.0. The number of carbonyl (C=O) groups excluding carboxylic acids is 2. The summed E-state index contributed by atoms with van der Waals surface area (Å²) >= 11 is 0.124. The molecule has 0 fully saturated rings. The number of benzene rings is 2. The van der Waals surface area contributed by atoms with Gasteiger partial charge in [-0.3, -0.25) is 9.59 Å². The van der Waals surface area contributed by atoms with Crippen LogP contribution < -0.4 is 0 Å². The van der Waals surface area contributed by atoms with E-state index in [1.165, 1.54) is 0 Å². The highest BCUT2D eigenvalue weighted by atomic mass is 32.2. The molecule has 0 aromatic heterocycles. The van der Waals surface area contributed by atoms with Crippen molar-refractivity contribution in [2.24, 2.45) is 0 Å². The third kappa shape index (κ3) is 3.70. The van der Waals surface area contributed by atoms with E-state index in [-0.39, 0.29) is 33.8 Å². The molecule has 0 aliphatic rings. The van der Waals surface area contributed by atoms with Crippen LogP contribution in [0.1, 0.15) is 13.8 Å². The van der Waals surface area contributed by atoms with Crippen LogP contribution in [0.15, 0.2) is 70.5 Å². The predicted octanol–water partition coefficient (Wildman–Crippen LogP) is 4.16. The third-order valence-electron chi connectivity index (χ3n) is 3.19. The Morgan fingerprint density at radius 3 is 1.45 bits per heavy atom. The second-order valence-corrected chi connectivity index (χ2v) is 7.66. The molecular weight excluding hydrogens is 312 g/mol. The van der Waals surface area contributed by atoms with Gasteiger partial charge in [-0.25, -0.2) is 0 Å². The maximum atomic E-state index is 12.0. The highest BCUT2D eigenvalue weighted by molar-refractivity contribution is 8.14. The minimum Gasteiger partial charge on any atom is -0.284 e. The summed E-state index contributed by atoms with van der Waals surface area (Å²) in [5, 5.41) is 2.21. The predicted molar refractivity (Wildman–Crippen MR) is 101 cm³/mol. The maximum Gasteiger partial charge on any atom is 0.196 e. The molecule has 0 amide bonds. The molecule has 0 aliphatic heterocycles. The smallest absolute Gasteiger partial charge is 0.196 e. The van der Waals surface area contributed by atoms with Crippen molar-refractivity contribution < 1.29 is 9.59 Å². The Labute approximate surface area is 138 Å². The molecule has 2 aromatic rings. The van der Waals surface area contributed by atoms with Crippen LogP contribution in [0, 0.1) is 0 Å². The summed E-state index contributed by atoms with van der Waals surface area (Å²) in [6.45, 7) is 10.9. The van der Waals surface area contributed by atoms with Crippen molar-refractivity contribution in [3.63, 3.8) is 0 Å². The van der Waals surface area contributed by atoms with Gasteiger partial charge < -0.3 is 0 Å². The molecule has 0 N–H and O–H groups in total. The SMILES string of the molecule is C=C(C)C(=O)[SH2]c1cccc2c([SH2]C(=O)C(=C)C)cccc12. The number of carbonyl (C=O) groups is 2. The molecule has 0 radical (unpaired) electrons. The molecule has 2 nitrogen and oxygen atoms in total. The van der Waals surface area contributed by atoms with Gasteiger partial charge in [-0.2, -0.15) is 23.5 Å². The molecule has 0 saturated carbocycles. The molecule has 116 valence electrons. The summed E-state index contributed by atoms with van der Waals surface area (Å²) in [6, 6.07) is 11.8. The summed E-state index contributed by atoms with van der Waals surface area (Å²) in [5.41, 5.74) is 1.15. The van der Waals surface area contributed by atoms with E-state index >= 15 is 0 Å². The van der Waals surface area contributed by atoms with E-state index < -0.39 is 0 Å². The zero-order chi connectivity index (χ0) is 16.3. The standard InChI is InChI=1S/C18H20O2S2/c1-11(2)17(19)21-15-9-5-8-14-13(15)7-6-10-16(14)22-18(20)12(3)4/h5-10H,1,3,21-22H2,2,4H3. The lowest BCUT2D eigenvalue weighted by Gasteiger charge is -2.12. The summed E-state index contributed by atoms with van der Waals surface area (Å²) in [7, 11) is 0. The van der Waals surface area contributed by atoms with Gasteiger partial charge in [0.1, 0.15) is 0 Å². The average molecular weight is 332 g/mol. The van der Waals surface area contributed by atoms with Gasteiger partial charge in [0, 0.05) is 0 Å². The van der Waals surface area contributed by atoms with Crippen molar-refractivity contribution in [3.8, 4) is 0 Å². The van der Waals surface area contributed by atoms with Gasteiger partial charge in [0.25, 0.3) is 0 Å². The van der Waals surface area contributed by atoms with E-state index in [1.54, 1.807) is 13.8 Å². The average Bonchev–Trinajstić information content (AvgIpc) is 2.47. The zero-order valence-electron chi connectivity index (χ0n) is 12.7. The Morgan fingerprint density at radius 1 is 0.773 bits per heavy atom. The first-order valence-corrected chi connectivity index (χ1v) is 8.85. The molecule has 2 rings (SSSR count). The summed E-state index contributed by atoms with van der Waals surface area (Å²) in [4.78, 5) is 25.9. The van der Waals surface area contributed by atoms with Crippen molar-refractivity contribution in [2.45, 2.75) is 23.6 Å². The van der Waals surface area contributed by atoms with Crippen molar-refractivity contribution in [2.75, 3.05) is 0 Å². The largest absolute Gasteiger partial charge is 0.284 e. The lowest BCUT2D eigenvalue weighted by atomic mass is 10.1. The van der Waals surface area contributed by atoms with Gasteiger partial charge in [0.05, 0.1) is 0 Å². The molecule has 22 heavy (non-hydrogen) atoms. The van der Waals surface area contributed by atoms with Gasteiger partial charge in [-0.05, 0) is 57.7 Å². The molecule has 4 heteroatoms. The van der Waals surface area contributed by atoms with Crippen LogP contribution in [0.4, 0.5) is 0 Å². The van der Waals surface area contributed by atoms with E-state index in [9.17, 15) is 9.59 Å². The topological polar surface area (TPSA) is 34.1 Å². The monoisotopic (exact) mass is 332 g/mol. The summed E-state index contributed by atoms with van der Waals surface area (Å²) < 4.78 is 0. The van der Waals surface area contributed by atoms with E-state index in [2.05, 4.69) is 13.2 Å². The first-order valence-electron chi connectivity index (χ1n) is 6.85. The van der Waals surface area contributed by atoms with E-state index in [1.807, 2.05) is 36.4 Å². The van der Waals surface area contributed by atoms with Crippen LogP contribution >= 0.6 is 23.5 Å². The Balaban J connectivity index is 2.46. The number of hydrogen-bond acceptors (Lipinski definition) is 2. The molecule has 0 spiro atoms. The Hall–Kier alpha value is -1.78. The van der Waals surface area contributed by atoms with Gasteiger partial charge in [0.2, 0.25) is 0 Å². The lowest BCUT2D eigenvalue weighted by molar-refractivity contribution is -0.108. The normalized spacial score (nSPS) is 12.3. The molecule has 2 aromatic carbocycles.